The lowest BCUT2D eigenvalue weighted by Gasteiger charge is -2.10. The molecule has 78 valence electrons. The van der Waals surface area contributed by atoms with Crippen LogP contribution in [0.4, 0.5) is 10.1 Å². The molecule has 0 saturated heterocycles. The molecule has 0 aromatic heterocycles. The molecule has 1 aliphatic heterocycles. The average Bonchev–Trinajstić information content (AvgIpc) is 2.79. The highest BCUT2D eigenvalue weighted by Crippen LogP contribution is 2.46. The first-order valence-corrected chi connectivity index (χ1v) is 4.94. The van der Waals surface area contributed by atoms with Crippen LogP contribution in [0.5, 0.6) is 0 Å². The van der Waals surface area contributed by atoms with Gasteiger partial charge in [0.15, 0.2) is 0 Å². The van der Waals surface area contributed by atoms with Gasteiger partial charge < -0.3 is 10.4 Å². The van der Waals surface area contributed by atoms with Gasteiger partial charge in [-0.15, -0.1) is 0 Å². The molecule has 15 heavy (non-hydrogen) atoms. The molecule has 0 radical (unpaired) electrons. The number of aliphatic hydroxyl groups is 1. The van der Waals surface area contributed by atoms with Gasteiger partial charge >= 0.3 is 0 Å². The van der Waals surface area contributed by atoms with E-state index in [-0.39, 0.29) is 18.0 Å². The average molecular weight is 207 g/mol. The van der Waals surface area contributed by atoms with Gasteiger partial charge in [0.05, 0.1) is 17.7 Å². The van der Waals surface area contributed by atoms with Crippen LogP contribution in [0.3, 0.4) is 0 Å². The normalized spacial score (nSPS) is 21.1. The molecule has 1 aromatic rings. The third-order valence-electron chi connectivity index (χ3n) is 3.05. The monoisotopic (exact) mass is 207 g/mol. The maximum Gasteiger partial charge on any atom is 0.228 e. The molecule has 0 spiro atoms. The summed E-state index contributed by atoms with van der Waals surface area (Å²) in [5.41, 5.74) is 0.667. The van der Waals surface area contributed by atoms with Crippen molar-refractivity contribution in [2.45, 2.75) is 24.9 Å². The van der Waals surface area contributed by atoms with Gasteiger partial charge in [-0.25, -0.2) is 4.39 Å². The Hall–Kier alpha value is -1.42. The molecule has 2 aliphatic rings. The number of fused-ring (bicyclic) bond motifs is 1. The highest BCUT2D eigenvalue weighted by molar-refractivity contribution is 5.99. The summed E-state index contributed by atoms with van der Waals surface area (Å²) in [6.07, 6.45) is 1.55. The predicted octanol–water partition coefficient (Wildman–Crippen LogP) is 1.30. The van der Waals surface area contributed by atoms with Crippen molar-refractivity contribution < 1.29 is 14.3 Å². The van der Waals surface area contributed by atoms with Crippen LogP contribution >= 0.6 is 0 Å². The molecular formula is C11H10FNO2. The Morgan fingerprint density at radius 2 is 2.13 bits per heavy atom. The lowest BCUT2D eigenvalue weighted by atomic mass is 10.0. The fourth-order valence-electron chi connectivity index (χ4n) is 1.98. The van der Waals surface area contributed by atoms with Crippen molar-refractivity contribution in [3.05, 3.63) is 29.1 Å². The van der Waals surface area contributed by atoms with Crippen LogP contribution in [0.15, 0.2) is 12.1 Å². The molecule has 2 N–H and O–H groups in total. The van der Waals surface area contributed by atoms with E-state index in [1.165, 1.54) is 6.07 Å². The third-order valence-corrected chi connectivity index (χ3v) is 3.05. The van der Waals surface area contributed by atoms with Crippen LogP contribution in [0, 0.1) is 5.82 Å². The molecule has 1 amide bonds. The Labute approximate surface area is 85.9 Å². The number of rotatable bonds is 1. The van der Waals surface area contributed by atoms with Gasteiger partial charge in [-0.1, -0.05) is 6.07 Å². The molecule has 3 rings (SSSR count). The van der Waals surface area contributed by atoms with Crippen LogP contribution in [0.25, 0.3) is 0 Å². The predicted molar refractivity (Wildman–Crippen MR) is 51.9 cm³/mol. The molecule has 1 fully saturated rings. The second-order valence-electron chi connectivity index (χ2n) is 4.25. The van der Waals surface area contributed by atoms with Gasteiger partial charge in [-0.2, -0.15) is 0 Å². The summed E-state index contributed by atoms with van der Waals surface area (Å²) >= 11 is 0. The third kappa shape index (κ3) is 1.25. The summed E-state index contributed by atoms with van der Waals surface area (Å²) in [6.45, 7) is 0. The zero-order chi connectivity index (χ0) is 10.6. The molecule has 0 unspecified atom stereocenters. The summed E-state index contributed by atoms with van der Waals surface area (Å²) in [6, 6.07) is 3.04. The minimum atomic E-state index is -0.846. The van der Waals surface area contributed by atoms with Gasteiger partial charge in [-0.3, -0.25) is 4.79 Å². The zero-order valence-corrected chi connectivity index (χ0v) is 8.01. The molecule has 4 heteroatoms. The number of hydrogen-bond donors (Lipinski definition) is 2. The SMILES string of the molecule is O=C1Cc2cc(C3(O)CC3)cc(F)c2N1. The highest BCUT2D eigenvalue weighted by Gasteiger charge is 2.43. The smallest absolute Gasteiger partial charge is 0.228 e. The fraction of sp³-hybridized carbons (Fsp3) is 0.364. The number of carbonyl (C=O) groups excluding carboxylic acids is 1. The van der Waals surface area contributed by atoms with E-state index in [9.17, 15) is 14.3 Å². The van der Waals surface area contributed by atoms with Gasteiger partial charge in [0.1, 0.15) is 5.82 Å². The number of nitrogens with one attached hydrogen (secondary N) is 1. The number of hydrogen-bond acceptors (Lipinski definition) is 2. The van der Waals surface area contributed by atoms with E-state index in [0.717, 1.165) is 0 Å². The highest BCUT2D eigenvalue weighted by atomic mass is 19.1. The van der Waals surface area contributed by atoms with E-state index >= 15 is 0 Å². The first-order chi connectivity index (χ1) is 7.08. The van der Waals surface area contributed by atoms with Crippen LogP contribution in [0.1, 0.15) is 24.0 Å². The van der Waals surface area contributed by atoms with E-state index < -0.39 is 11.4 Å². The van der Waals surface area contributed by atoms with E-state index in [0.29, 0.717) is 24.0 Å². The molecule has 0 atom stereocenters. The minimum absolute atomic E-state index is 0.191. The van der Waals surface area contributed by atoms with Crippen molar-refractivity contribution in [3.8, 4) is 0 Å². The van der Waals surface area contributed by atoms with Crippen molar-refractivity contribution >= 4 is 11.6 Å². The van der Waals surface area contributed by atoms with Crippen molar-refractivity contribution in [3.63, 3.8) is 0 Å². The summed E-state index contributed by atoms with van der Waals surface area (Å²) < 4.78 is 13.6. The zero-order valence-electron chi connectivity index (χ0n) is 8.01. The number of anilines is 1. The van der Waals surface area contributed by atoms with Gasteiger partial charge in [0, 0.05) is 0 Å². The summed E-state index contributed by atoms with van der Waals surface area (Å²) in [5.74, 6) is -0.641. The summed E-state index contributed by atoms with van der Waals surface area (Å²) in [7, 11) is 0. The van der Waals surface area contributed by atoms with Crippen molar-refractivity contribution in [1.82, 2.24) is 0 Å². The van der Waals surface area contributed by atoms with Crippen LogP contribution < -0.4 is 5.32 Å². The van der Waals surface area contributed by atoms with Gasteiger partial charge in [0.25, 0.3) is 0 Å². The van der Waals surface area contributed by atoms with Crippen LogP contribution in [-0.4, -0.2) is 11.0 Å². The first-order valence-electron chi connectivity index (χ1n) is 4.94. The molecule has 1 saturated carbocycles. The molecular weight excluding hydrogens is 197 g/mol. The second-order valence-corrected chi connectivity index (χ2v) is 4.25. The van der Waals surface area contributed by atoms with E-state index in [1.54, 1.807) is 6.07 Å². The largest absolute Gasteiger partial charge is 0.385 e. The topological polar surface area (TPSA) is 49.3 Å². The summed E-state index contributed by atoms with van der Waals surface area (Å²) in [5, 5.41) is 12.3. The van der Waals surface area contributed by atoms with Crippen molar-refractivity contribution in [1.29, 1.82) is 0 Å². The van der Waals surface area contributed by atoms with E-state index in [1.807, 2.05) is 0 Å². The maximum absolute atomic E-state index is 13.6. The molecule has 1 aliphatic carbocycles. The first kappa shape index (κ1) is 8.85. The van der Waals surface area contributed by atoms with Gasteiger partial charge in [0.2, 0.25) is 5.91 Å². The van der Waals surface area contributed by atoms with Crippen LogP contribution in [0.2, 0.25) is 0 Å². The van der Waals surface area contributed by atoms with E-state index in [2.05, 4.69) is 5.32 Å². The number of amides is 1. The Bertz CT molecular complexity index is 466. The quantitative estimate of drug-likeness (QED) is 0.729. The van der Waals surface area contributed by atoms with Crippen molar-refractivity contribution in [2.75, 3.05) is 5.32 Å². The lowest BCUT2D eigenvalue weighted by Crippen LogP contribution is -2.06. The van der Waals surface area contributed by atoms with Crippen molar-refractivity contribution in [2.24, 2.45) is 0 Å². The number of benzene rings is 1. The maximum atomic E-state index is 13.6. The fourth-order valence-corrected chi connectivity index (χ4v) is 1.98. The Morgan fingerprint density at radius 3 is 2.80 bits per heavy atom. The Balaban J connectivity index is 2.11. The molecule has 1 heterocycles. The molecule has 3 nitrogen and oxygen atoms in total. The summed E-state index contributed by atoms with van der Waals surface area (Å²) in [4.78, 5) is 11.1. The van der Waals surface area contributed by atoms with E-state index in [4.69, 9.17) is 0 Å². The second kappa shape index (κ2) is 2.58. The van der Waals surface area contributed by atoms with Gasteiger partial charge in [-0.05, 0) is 30.0 Å². The standard InChI is InChI=1S/C11H10FNO2/c12-8-5-7(11(15)1-2-11)3-6-4-9(14)13-10(6)8/h3,5,15H,1-2,4H2,(H,13,14). The lowest BCUT2D eigenvalue weighted by molar-refractivity contribution is -0.115. The molecule has 0 bridgehead atoms. The minimum Gasteiger partial charge on any atom is -0.385 e. The number of carbonyl (C=O) groups is 1. The Kier molecular flexibility index (Phi) is 1.52. The Morgan fingerprint density at radius 1 is 1.40 bits per heavy atom. The molecule has 1 aromatic carbocycles. The van der Waals surface area contributed by atoms with Crippen LogP contribution in [-0.2, 0) is 16.8 Å². The number of halogens is 1.